The van der Waals surface area contributed by atoms with Crippen LogP contribution in [-0.2, 0) is 4.79 Å². The van der Waals surface area contributed by atoms with Gasteiger partial charge in [-0.2, -0.15) is 0 Å². The van der Waals surface area contributed by atoms with Crippen LogP contribution in [0.2, 0.25) is 0 Å². The highest BCUT2D eigenvalue weighted by Crippen LogP contribution is 2.44. The number of hydrogen-bond acceptors (Lipinski definition) is 2. The molecule has 1 heterocycles. The second-order valence-corrected chi connectivity index (χ2v) is 7.63. The van der Waals surface area contributed by atoms with Gasteiger partial charge in [-0.15, -0.1) is 0 Å². The average Bonchev–Trinajstić information content (AvgIpc) is 3.30. The third-order valence-corrected chi connectivity index (χ3v) is 5.59. The molecule has 3 rings (SSSR count). The van der Waals surface area contributed by atoms with Gasteiger partial charge in [0, 0.05) is 6.04 Å². The Morgan fingerprint density at radius 2 is 1.81 bits per heavy atom. The molecule has 1 unspecified atom stereocenters. The van der Waals surface area contributed by atoms with Crippen LogP contribution >= 0.6 is 0 Å². The van der Waals surface area contributed by atoms with Crippen molar-refractivity contribution in [2.75, 3.05) is 19.6 Å². The van der Waals surface area contributed by atoms with Crippen molar-refractivity contribution in [1.29, 1.82) is 0 Å². The molecule has 0 aromatic rings. The third-order valence-electron chi connectivity index (χ3n) is 5.59. The zero-order chi connectivity index (χ0) is 14.7. The number of likely N-dealkylation sites (tertiary alicyclic amines) is 1. The van der Waals surface area contributed by atoms with Crippen molar-refractivity contribution in [3.8, 4) is 0 Å². The highest BCUT2D eigenvalue weighted by molar-refractivity contribution is 5.78. The van der Waals surface area contributed by atoms with Gasteiger partial charge in [-0.25, -0.2) is 0 Å². The quantitative estimate of drug-likeness (QED) is 0.781. The monoisotopic (exact) mass is 292 g/mol. The van der Waals surface area contributed by atoms with Gasteiger partial charge in [0.25, 0.3) is 0 Å². The van der Waals surface area contributed by atoms with Crippen molar-refractivity contribution in [2.45, 2.75) is 70.8 Å². The molecule has 0 radical (unpaired) electrons. The van der Waals surface area contributed by atoms with Gasteiger partial charge in [-0.1, -0.05) is 19.8 Å². The van der Waals surface area contributed by atoms with Crippen LogP contribution in [-0.4, -0.2) is 36.5 Å². The number of amides is 1. The topological polar surface area (TPSA) is 32.3 Å². The van der Waals surface area contributed by atoms with Crippen LogP contribution in [0.5, 0.6) is 0 Å². The SMILES string of the molecule is CCCC1CCCN(CC(=O)NC(C2CC2)C2CC2)CC1. The smallest absolute Gasteiger partial charge is 0.234 e. The highest BCUT2D eigenvalue weighted by Gasteiger charge is 2.42. The first-order chi connectivity index (χ1) is 10.3. The van der Waals surface area contributed by atoms with Gasteiger partial charge in [0.1, 0.15) is 0 Å². The molecule has 2 aliphatic carbocycles. The Kier molecular flexibility index (Phi) is 5.20. The van der Waals surface area contributed by atoms with Gasteiger partial charge in [0.15, 0.2) is 0 Å². The van der Waals surface area contributed by atoms with Gasteiger partial charge in [0.2, 0.25) is 5.91 Å². The molecular formula is C18H32N2O. The molecular weight excluding hydrogens is 260 g/mol. The predicted molar refractivity (Wildman–Crippen MR) is 86.1 cm³/mol. The van der Waals surface area contributed by atoms with Crippen LogP contribution in [0, 0.1) is 17.8 Å². The standard InChI is InChI=1S/C18H32N2O/c1-2-4-14-5-3-11-20(12-10-14)13-17(21)19-18(15-6-7-15)16-8-9-16/h14-16,18H,2-13H2,1H3,(H,19,21). The molecule has 3 heteroatoms. The summed E-state index contributed by atoms with van der Waals surface area (Å²) in [5, 5.41) is 3.36. The summed E-state index contributed by atoms with van der Waals surface area (Å²) in [6, 6.07) is 0.511. The molecule has 21 heavy (non-hydrogen) atoms. The van der Waals surface area contributed by atoms with Crippen molar-refractivity contribution in [2.24, 2.45) is 17.8 Å². The maximum absolute atomic E-state index is 12.4. The summed E-state index contributed by atoms with van der Waals surface area (Å²) in [5.74, 6) is 2.79. The van der Waals surface area contributed by atoms with E-state index in [9.17, 15) is 4.79 Å². The first kappa shape index (κ1) is 15.3. The molecule has 1 aliphatic heterocycles. The number of carbonyl (C=O) groups is 1. The first-order valence-corrected chi connectivity index (χ1v) is 9.28. The lowest BCUT2D eigenvalue weighted by Crippen LogP contribution is -2.44. The van der Waals surface area contributed by atoms with Gasteiger partial charge < -0.3 is 5.32 Å². The summed E-state index contributed by atoms with van der Waals surface area (Å²) in [4.78, 5) is 14.7. The first-order valence-electron chi connectivity index (χ1n) is 9.28. The van der Waals surface area contributed by atoms with E-state index in [1.54, 1.807) is 0 Å². The van der Waals surface area contributed by atoms with Gasteiger partial charge in [-0.3, -0.25) is 9.69 Å². The van der Waals surface area contributed by atoms with Crippen molar-refractivity contribution in [3.05, 3.63) is 0 Å². The lowest BCUT2D eigenvalue weighted by atomic mass is 9.96. The normalized spacial score (nSPS) is 27.6. The number of nitrogens with zero attached hydrogens (tertiary/aromatic N) is 1. The summed E-state index contributed by atoms with van der Waals surface area (Å²) < 4.78 is 0. The number of nitrogens with one attached hydrogen (secondary N) is 1. The Morgan fingerprint density at radius 1 is 1.10 bits per heavy atom. The molecule has 1 atom stereocenters. The van der Waals surface area contributed by atoms with Crippen LogP contribution in [0.4, 0.5) is 0 Å². The minimum absolute atomic E-state index is 0.285. The molecule has 0 spiro atoms. The Balaban J connectivity index is 1.41. The Bertz CT molecular complexity index is 337. The van der Waals surface area contributed by atoms with Crippen molar-refractivity contribution in [1.82, 2.24) is 10.2 Å². The van der Waals surface area contributed by atoms with E-state index < -0.39 is 0 Å². The van der Waals surface area contributed by atoms with E-state index in [2.05, 4.69) is 17.1 Å². The molecule has 3 aliphatic rings. The highest BCUT2D eigenvalue weighted by atomic mass is 16.2. The fraction of sp³-hybridized carbons (Fsp3) is 0.944. The Hall–Kier alpha value is -0.570. The molecule has 0 aromatic carbocycles. The Labute approximate surface area is 129 Å². The summed E-state index contributed by atoms with van der Waals surface area (Å²) >= 11 is 0. The fourth-order valence-electron chi connectivity index (χ4n) is 4.05. The Morgan fingerprint density at radius 3 is 2.43 bits per heavy atom. The van der Waals surface area contributed by atoms with Gasteiger partial charge >= 0.3 is 0 Å². The van der Waals surface area contributed by atoms with Crippen molar-refractivity contribution < 1.29 is 4.79 Å². The molecule has 1 saturated heterocycles. The molecule has 0 bridgehead atoms. The van der Waals surface area contributed by atoms with Gasteiger partial charge in [0.05, 0.1) is 6.54 Å². The molecule has 2 saturated carbocycles. The second kappa shape index (κ2) is 7.13. The van der Waals surface area contributed by atoms with Crippen LogP contribution in [0.1, 0.15) is 64.7 Å². The maximum atomic E-state index is 12.4. The fourth-order valence-corrected chi connectivity index (χ4v) is 4.05. The third kappa shape index (κ3) is 4.70. The van der Waals surface area contributed by atoms with Crippen LogP contribution < -0.4 is 5.32 Å². The molecule has 3 nitrogen and oxygen atoms in total. The van der Waals surface area contributed by atoms with E-state index in [-0.39, 0.29) is 5.91 Å². The molecule has 1 amide bonds. The van der Waals surface area contributed by atoms with Gasteiger partial charge in [-0.05, 0) is 75.8 Å². The second-order valence-electron chi connectivity index (χ2n) is 7.63. The maximum Gasteiger partial charge on any atom is 0.234 e. The largest absolute Gasteiger partial charge is 0.352 e. The summed E-state index contributed by atoms with van der Waals surface area (Å²) in [7, 11) is 0. The zero-order valence-corrected chi connectivity index (χ0v) is 13.7. The van der Waals surface area contributed by atoms with Crippen molar-refractivity contribution in [3.63, 3.8) is 0 Å². The van der Waals surface area contributed by atoms with Crippen LogP contribution in [0.15, 0.2) is 0 Å². The van der Waals surface area contributed by atoms with E-state index in [0.29, 0.717) is 12.6 Å². The molecule has 0 aromatic heterocycles. The number of hydrogen-bond donors (Lipinski definition) is 1. The number of carbonyl (C=O) groups excluding carboxylic acids is 1. The molecule has 1 N–H and O–H groups in total. The van der Waals surface area contributed by atoms with E-state index in [4.69, 9.17) is 0 Å². The lowest BCUT2D eigenvalue weighted by molar-refractivity contribution is -0.123. The minimum atomic E-state index is 0.285. The minimum Gasteiger partial charge on any atom is -0.352 e. The lowest BCUT2D eigenvalue weighted by Gasteiger charge is -2.23. The zero-order valence-electron chi connectivity index (χ0n) is 13.7. The molecule has 120 valence electrons. The summed E-state index contributed by atoms with van der Waals surface area (Å²) in [6.07, 6.45) is 11.9. The predicted octanol–water partition coefficient (Wildman–Crippen LogP) is 3.19. The van der Waals surface area contributed by atoms with Crippen LogP contribution in [0.25, 0.3) is 0 Å². The van der Waals surface area contributed by atoms with E-state index in [0.717, 1.165) is 30.8 Å². The van der Waals surface area contributed by atoms with Crippen LogP contribution in [0.3, 0.4) is 0 Å². The van der Waals surface area contributed by atoms with Crippen molar-refractivity contribution >= 4 is 5.91 Å². The summed E-state index contributed by atoms with van der Waals surface area (Å²) in [5.41, 5.74) is 0. The summed E-state index contributed by atoms with van der Waals surface area (Å²) in [6.45, 7) is 5.15. The van der Waals surface area contributed by atoms with E-state index in [1.807, 2.05) is 0 Å². The average molecular weight is 292 g/mol. The van der Waals surface area contributed by atoms with E-state index in [1.165, 1.54) is 57.8 Å². The molecule has 3 fully saturated rings. The van der Waals surface area contributed by atoms with E-state index >= 15 is 0 Å². The number of rotatable bonds is 7.